The second kappa shape index (κ2) is 11.2. The molecule has 0 aliphatic heterocycles. The van der Waals surface area contributed by atoms with E-state index in [1.54, 1.807) is 0 Å². The standard InChI is InChI=1S/C28H28NO2P/c30-32(31)29(28(25-17-9-3-10-18-25)26-19-11-4-12-20-26)27(21-23-13-5-1-6-14-23)22-24-15-7-2-8-16-24/h1-20,27-28,30-31H,21-22H2. The van der Waals surface area contributed by atoms with E-state index < -0.39 is 8.53 Å². The van der Waals surface area contributed by atoms with E-state index in [0.29, 0.717) is 12.8 Å². The SMILES string of the molecule is OP(O)N(C(Cc1ccccc1)Cc1ccccc1)C(c1ccccc1)c1ccccc1. The van der Waals surface area contributed by atoms with E-state index >= 15 is 0 Å². The molecular weight excluding hydrogens is 413 g/mol. The summed E-state index contributed by atoms with van der Waals surface area (Å²) in [5.41, 5.74) is 4.44. The van der Waals surface area contributed by atoms with Gasteiger partial charge in [0.25, 0.3) is 8.53 Å². The fraction of sp³-hybridized carbons (Fsp3) is 0.143. The van der Waals surface area contributed by atoms with E-state index in [0.717, 1.165) is 11.1 Å². The predicted octanol–water partition coefficient (Wildman–Crippen LogP) is 6.14. The number of hydrogen-bond donors (Lipinski definition) is 2. The molecule has 3 nitrogen and oxygen atoms in total. The molecule has 4 aromatic rings. The van der Waals surface area contributed by atoms with Gasteiger partial charge in [-0.3, -0.25) is 0 Å². The molecule has 0 unspecified atom stereocenters. The molecule has 0 aliphatic rings. The van der Waals surface area contributed by atoms with E-state index in [1.807, 2.05) is 77.5 Å². The van der Waals surface area contributed by atoms with E-state index in [-0.39, 0.29) is 12.1 Å². The van der Waals surface area contributed by atoms with Gasteiger partial charge < -0.3 is 9.79 Å². The van der Waals surface area contributed by atoms with Gasteiger partial charge in [-0.1, -0.05) is 121 Å². The summed E-state index contributed by atoms with van der Waals surface area (Å²) in [6, 6.07) is 40.4. The molecule has 0 fully saturated rings. The Kier molecular flexibility index (Phi) is 7.82. The molecule has 0 aliphatic carbocycles. The summed E-state index contributed by atoms with van der Waals surface area (Å²) in [4.78, 5) is 21.6. The lowest BCUT2D eigenvalue weighted by molar-refractivity contribution is 0.235. The van der Waals surface area contributed by atoms with Crippen molar-refractivity contribution in [3.63, 3.8) is 0 Å². The third kappa shape index (κ3) is 5.70. The number of nitrogens with zero attached hydrogens (tertiary/aromatic N) is 1. The second-order valence-corrected chi connectivity index (χ2v) is 8.90. The first-order valence-electron chi connectivity index (χ1n) is 10.9. The highest BCUT2D eigenvalue weighted by molar-refractivity contribution is 7.42. The van der Waals surface area contributed by atoms with Crippen molar-refractivity contribution in [3.05, 3.63) is 144 Å². The molecule has 4 heteroatoms. The Balaban J connectivity index is 1.79. The summed E-state index contributed by atoms with van der Waals surface area (Å²) in [5.74, 6) is 0. The molecule has 0 saturated carbocycles. The van der Waals surface area contributed by atoms with Crippen LogP contribution in [0.1, 0.15) is 28.3 Å². The summed E-state index contributed by atoms with van der Waals surface area (Å²) in [6.45, 7) is 0. The van der Waals surface area contributed by atoms with E-state index in [9.17, 15) is 9.79 Å². The Bertz CT molecular complexity index is 979. The Morgan fingerprint density at radius 3 is 1.22 bits per heavy atom. The zero-order valence-electron chi connectivity index (χ0n) is 17.9. The lowest BCUT2D eigenvalue weighted by atomic mass is 9.93. The maximum absolute atomic E-state index is 10.8. The summed E-state index contributed by atoms with van der Waals surface area (Å²) < 4.78 is 1.90. The van der Waals surface area contributed by atoms with Gasteiger partial charge in [-0.2, -0.15) is 0 Å². The molecule has 0 atom stereocenters. The first-order valence-corrected chi connectivity index (χ1v) is 12.1. The molecule has 162 valence electrons. The quantitative estimate of drug-likeness (QED) is 0.307. The lowest BCUT2D eigenvalue weighted by Crippen LogP contribution is -2.38. The number of hydrogen-bond acceptors (Lipinski definition) is 3. The molecule has 4 aromatic carbocycles. The highest BCUT2D eigenvalue weighted by atomic mass is 31.2. The minimum atomic E-state index is -2.35. The molecule has 2 N–H and O–H groups in total. The third-order valence-electron chi connectivity index (χ3n) is 5.70. The number of rotatable bonds is 9. The molecular formula is C28H28NO2P. The van der Waals surface area contributed by atoms with E-state index in [4.69, 9.17) is 0 Å². The minimum Gasteiger partial charge on any atom is -0.338 e. The molecule has 0 bridgehead atoms. The maximum atomic E-state index is 10.8. The van der Waals surface area contributed by atoms with E-state index in [2.05, 4.69) is 48.5 Å². The van der Waals surface area contributed by atoms with Crippen molar-refractivity contribution in [3.8, 4) is 0 Å². The van der Waals surface area contributed by atoms with Crippen LogP contribution in [0.15, 0.2) is 121 Å². The maximum Gasteiger partial charge on any atom is 0.254 e. The van der Waals surface area contributed by atoms with Crippen LogP contribution in [0.5, 0.6) is 0 Å². The van der Waals surface area contributed by atoms with Gasteiger partial charge in [0, 0.05) is 6.04 Å². The first-order chi connectivity index (χ1) is 15.7. The number of benzene rings is 4. The zero-order valence-corrected chi connectivity index (χ0v) is 18.8. The van der Waals surface area contributed by atoms with Crippen LogP contribution < -0.4 is 0 Å². The average molecular weight is 442 g/mol. The van der Waals surface area contributed by atoms with Gasteiger partial charge in [-0.05, 0) is 35.1 Å². The van der Waals surface area contributed by atoms with Gasteiger partial charge in [-0.15, -0.1) is 0 Å². The summed E-state index contributed by atoms with van der Waals surface area (Å²) in [7, 11) is -2.35. The van der Waals surface area contributed by atoms with Crippen molar-refractivity contribution < 1.29 is 9.79 Å². The van der Waals surface area contributed by atoms with E-state index in [1.165, 1.54) is 11.1 Å². The molecule has 0 radical (unpaired) electrons. The minimum absolute atomic E-state index is 0.105. The first kappa shape index (κ1) is 22.4. The van der Waals surface area contributed by atoms with Gasteiger partial charge in [0.15, 0.2) is 0 Å². The van der Waals surface area contributed by atoms with Crippen molar-refractivity contribution >= 4 is 8.53 Å². The van der Waals surface area contributed by atoms with Crippen molar-refractivity contribution in [2.24, 2.45) is 0 Å². The van der Waals surface area contributed by atoms with Crippen molar-refractivity contribution in [1.29, 1.82) is 0 Å². The highest BCUT2D eigenvalue weighted by Crippen LogP contribution is 2.45. The second-order valence-electron chi connectivity index (χ2n) is 7.91. The average Bonchev–Trinajstić information content (AvgIpc) is 2.84. The molecule has 0 heterocycles. The molecule has 32 heavy (non-hydrogen) atoms. The molecule has 4 rings (SSSR count). The van der Waals surface area contributed by atoms with Gasteiger partial charge in [0.1, 0.15) is 0 Å². The normalized spacial score (nSPS) is 11.6. The Hall–Kier alpha value is -2.81. The fourth-order valence-corrected chi connectivity index (χ4v) is 5.19. The largest absolute Gasteiger partial charge is 0.338 e. The van der Waals surface area contributed by atoms with Crippen LogP contribution in [-0.4, -0.2) is 20.5 Å². The van der Waals surface area contributed by atoms with Crippen LogP contribution in [0.4, 0.5) is 0 Å². The van der Waals surface area contributed by atoms with Crippen LogP contribution in [0.3, 0.4) is 0 Å². The molecule has 0 saturated heterocycles. The summed E-state index contributed by atoms with van der Waals surface area (Å²) in [6.07, 6.45) is 1.43. The van der Waals surface area contributed by atoms with Crippen LogP contribution in [0, 0.1) is 0 Å². The zero-order chi connectivity index (χ0) is 22.2. The van der Waals surface area contributed by atoms with Gasteiger partial charge in [0.2, 0.25) is 0 Å². The monoisotopic (exact) mass is 441 g/mol. The lowest BCUT2D eigenvalue weighted by Gasteiger charge is -2.39. The van der Waals surface area contributed by atoms with Crippen LogP contribution in [-0.2, 0) is 12.8 Å². The Labute approximate surface area is 191 Å². The van der Waals surface area contributed by atoms with Crippen molar-refractivity contribution in [1.82, 2.24) is 4.67 Å². The summed E-state index contributed by atoms with van der Waals surface area (Å²) in [5, 5.41) is 0. The summed E-state index contributed by atoms with van der Waals surface area (Å²) >= 11 is 0. The van der Waals surface area contributed by atoms with Crippen LogP contribution >= 0.6 is 8.53 Å². The Morgan fingerprint density at radius 1 is 0.531 bits per heavy atom. The highest BCUT2D eigenvalue weighted by Gasteiger charge is 2.34. The van der Waals surface area contributed by atoms with Gasteiger partial charge in [-0.25, -0.2) is 4.67 Å². The topological polar surface area (TPSA) is 43.7 Å². The third-order valence-corrected chi connectivity index (χ3v) is 6.67. The molecule has 0 aromatic heterocycles. The molecule has 0 spiro atoms. The van der Waals surface area contributed by atoms with Gasteiger partial charge in [0.05, 0.1) is 6.04 Å². The van der Waals surface area contributed by atoms with Crippen molar-refractivity contribution in [2.45, 2.75) is 24.9 Å². The Morgan fingerprint density at radius 2 is 0.875 bits per heavy atom. The van der Waals surface area contributed by atoms with Crippen LogP contribution in [0.2, 0.25) is 0 Å². The van der Waals surface area contributed by atoms with Gasteiger partial charge >= 0.3 is 0 Å². The van der Waals surface area contributed by atoms with Crippen molar-refractivity contribution in [2.75, 3.05) is 0 Å². The predicted molar refractivity (Wildman–Crippen MR) is 132 cm³/mol. The molecule has 0 amide bonds. The smallest absolute Gasteiger partial charge is 0.254 e. The van der Waals surface area contributed by atoms with Crippen LogP contribution in [0.25, 0.3) is 0 Å². The fourth-order valence-electron chi connectivity index (χ4n) is 4.26.